The molecular formula is C21H27F2N5O4. The van der Waals surface area contributed by atoms with Gasteiger partial charge in [-0.1, -0.05) is 0 Å². The van der Waals surface area contributed by atoms with E-state index in [1.807, 2.05) is 19.9 Å². The Bertz CT molecular complexity index is 989. The number of alkyl halides is 2. The molecule has 2 N–H and O–H groups in total. The van der Waals surface area contributed by atoms with Gasteiger partial charge in [-0.25, -0.2) is 23.2 Å². The highest BCUT2D eigenvalue weighted by molar-refractivity contribution is 5.85. The van der Waals surface area contributed by atoms with Crippen LogP contribution < -0.4 is 4.90 Å². The van der Waals surface area contributed by atoms with Crippen molar-refractivity contribution in [3.8, 4) is 5.95 Å². The molecule has 1 aliphatic heterocycles. The minimum absolute atomic E-state index is 0.0308. The van der Waals surface area contributed by atoms with Crippen LogP contribution in [0.1, 0.15) is 55.1 Å². The van der Waals surface area contributed by atoms with Crippen molar-refractivity contribution < 1.29 is 28.5 Å². The molecule has 3 heterocycles. The van der Waals surface area contributed by atoms with Crippen molar-refractivity contribution in [2.45, 2.75) is 69.9 Å². The molecule has 1 saturated carbocycles. The number of hydrogen-bond donors (Lipinski definition) is 2. The molecule has 4 rings (SSSR count). The van der Waals surface area contributed by atoms with Crippen molar-refractivity contribution in [3.05, 3.63) is 29.2 Å². The number of halogens is 2. The number of aromatic nitrogens is 4. The standard InChI is InChI=1S/C21H27F2N5O4/c1-12-9-13(2)28(26-12)19-24-16(15-11-32-8-5-17(15)29)10-18(25-19)27(20(30)31)14-3-6-21(22,23)7-4-14/h9-10,14-15,17,29H,3-8,11H2,1-2H3,(H,30,31). The lowest BCUT2D eigenvalue weighted by Gasteiger charge is -2.35. The zero-order chi connectivity index (χ0) is 23.0. The van der Waals surface area contributed by atoms with Crippen LogP contribution in [0.3, 0.4) is 0 Å². The number of carboxylic acid groups (broad SMARTS) is 1. The third-order valence-electron chi connectivity index (χ3n) is 6.12. The predicted molar refractivity (Wildman–Crippen MR) is 111 cm³/mol. The van der Waals surface area contributed by atoms with Crippen LogP contribution in [-0.2, 0) is 4.74 Å². The molecule has 2 aromatic heterocycles. The lowest BCUT2D eigenvalue weighted by Crippen LogP contribution is -2.44. The predicted octanol–water partition coefficient (Wildman–Crippen LogP) is 3.21. The number of hydrogen-bond acceptors (Lipinski definition) is 6. The van der Waals surface area contributed by atoms with Crippen LogP contribution in [0.25, 0.3) is 5.95 Å². The van der Waals surface area contributed by atoms with Gasteiger partial charge in [0.25, 0.3) is 5.95 Å². The maximum Gasteiger partial charge on any atom is 0.413 e. The van der Waals surface area contributed by atoms with Gasteiger partial charge in [-0.15, -0.1) is 0 Å². The molecule has 0 radical (unpaired) electrons. The molecule has 0 spiro atoms. The van der Waals surface area contributed by atoms with Gasteiger partial charge < -0.3 is 14.9 Å². The minimum Gasteiger partial charge on any atom is -0.465 e. The monoisotopic (exact) mass is 451 g/mol. The van der Waals surface area contributed by atoms with E-state index in [2.05, 4.69) is 15.1 Å². The summed E-state index contributed by atoms with van der Waals surface area (Å²) in [7, 11) is 0. The molecule has 2 unspecified atom stereocenters. The fourth-order valence-corrected chi connectivity index (χ4v) is 4.41. The molecule has 1 aliphatic carbocycles. The molecule has 2 fully saturated rings. The number of aryl methyl sites for hydroxylation is 2. The van der Waals surface area contributed by atoms with E-state index in [1.54, 1.807) is 0 Å². The van der Waals surface area contributed by atoms with Crippen molar-refractivity contribution in [1.29, 1.82) is 0 Å². The first kappa shape index (κ1) is 22.5. The Labute approximate surface area is 184 Å². The number of anilines is 1. The van der Waals surface area contributed by atoms with Crippen molar-refractivity contribution in [3.63, 3.8) is 0 Å². The molecule has 1 amide bonds. The Hall–Kier alpha value is -2.66. The molecule has 174 valence electrons. The number of ether oxygens (including phenoxy) is 1. The molecule has 2 aromatic rings. The highest BCUT2D eigenvalue weighted by Gasteiger charge is 2.40. The van der Waals surface area contributed by atoms with Crippen molar-refractivity contribution >= 4 is 11.9 Å². The zero-order valence-corrected chi connectivity index (χ0v) is 18.0. The highest BCUT2D eigenvalue weighted by Crippen LogP contribution is 2.37. The quantitative estimate of drug-likeness (QED) is 0.734. The summed E-state index contributed by atoms with van der Waals surface area (Å²) >= 11 is 0. The summed E-state index contributed by atoms with van der Waals surface area (Å²) in [4.78, 5) is 22.3. The van der Waals surface area contributed by atoms with Crippen LogP contribution in [-0.4, -0.2) is 67.3 Å². The highest BCUT2D eigenvalue weighted by atomic mass is 19.3. The molecule has 0 bridgehead atoms. The Morgan fingerprint density at radius 1 is 1.22 bits per heavy atom. The van der Waals surface area contributed by atoms with E-state index in [0.29, 0.717) is 18.7 Å². The van der Waals surface area contributed by atoms with Gasteiger partial charge in [-0.05, 0) is 39.2 Å². The Balaban J connectivity index is 1.78. The van der Waals surface area contributed by atoms with Gasteiger partial charge in [0.05, 0.1) is 30.0 Å². The number of rotatable bonds is 4. The normalized spacial score (nSPS) is 23.8. The van der Waals surface area contributed by atoms with E-state index in [4.69, 9.17) is 4.74 Å². The van der Waals surface area contributed by atoms with E-state index in [1.165, 1.54) is 10.7 Å². The molecular weight excluding hydrogens is 424 g/mol. The molecule has 2 aliphatic rings. The summed E-state index contributed by atoms with van der Waals surface area (Å²) in [6.45, 7) is 4.31. The first-order chi connectivity index (χ1) is 15.1. The Morgan fingerprint density at radius 2 is 1.94 bits per heavy atom. The SMILES string of the molecule is Cc1cc(C)n(-c2nc(C3COCCC3O)cc(N(C(=O)O)C3CCC(F)(F)CC3)n2)n1. The molecule has 32 heavy (non-hydrogen) atoms. The summed E-state index contributed by atoms with van der Waals surface area (Å²) in [6.07, 6.45) is -2.24. The molecule has 1 saturated heterocycles. The zero-order valence-electron chi connectivity index (χ0n) is 18.0. The van der Waals surface area contributed by atoms with E-state index in [9.17, 15) is 23.8 Å². The first-order valence-electron chi connectivity index (χ1n) is 10.7. The van der Waals surface area contributed by atoms with Crippen LogP contribution in [0, 0.1) is 13.8 Å². The molecule has 11 heteroatoms. The van der Waals surface area contributed by atoms with Gasteiger partial charge in [0.15, 0.2) is 0 Å². The second-order valence-corrected chi connectivity index (χ2v) is 8.57. The number of nitrogens with zero attached hydrogens (tertiary/aromatic N) is 5. The van der Waals surface area contributed by atoms with Crippen LogP contribution in [0.5, 0.6) is 0 Å². The second kappa shape index (κ2) is 8.70. The third-order valence-corrected chi connectivity index (χ3v) is 6.12. The largest absolute Gasteiger partial charge is 0.465 e. The van der Waals surface area contributed by atoms with Crippen LogP contribution in [0.2, 0.25) is 0 Å². The molecule has 0 aromatic carbocycles. The second-order valence-electron chi connectivity index (χ2n) is 8.57. The van der Waals surface area contributed by atoms with Crippen molar-refractivity contribution in [2.75, 3.05) is 18.1 Å². The van der Waals surface area contributed by atoms with Crippen LogP contribution in [0.15, 0.2) is 12.1 Å². The number of amides is 1. The van der Waals surface area contributed by atoms with E-state index in [-0.39, 0.29) is 44.1 Å². The topological polar surface area (TPSA) is 114 Å². The summed E-state index contributed by atoms with van der Waals surface area (Å²) in [6, 6.07) is 2.72. The van der Waals surface area contributed by atoms with Crippen molar-refractivity contribution in [2.24, 2.45) is 0 Å². The summed E-state index contributed by atoms with van der Waals surface area (Å²) in [5.41, 5.74) is 1.92. The van der Waals surface area contributed by atoms with Gasteiger partial charge in [0.1, 0.15) is 5.82 Å². The molecule has 2 atom stereocenters. The van der Waals surface area contributed by atoms with Gasteiger partial charge in [-0.2, -0.15) is 10.1 Å². The van der Waals surface area contributed by atoms with Gasteiger partial charge >= 0.3 is 6.09 Å². The number of carbonyl (C=O) groups is 1. The van der Waals surface area contributed by atoms with Gasteiger partial charge in [0, 0.05) is 37.3 Å². The van der Waals surface area contributed by atoms with E-state index < -0.39 is 30.1 Å². The lowest BCUT2D eigenvalue weighted by atomic mass is 9.91. The van der Waals surface area contributed by atoms with E-state index in [0.717, 1.165) is 16.3 Å². The number of aliphatic hydroxyl groups excluding tert-OH is 1. The lowest BCUT2D eigenvalue weighted by molar-refractivity contribution is -0.0380. The smallest absolute Gasteiger partial charge is 0.413 e. The van der Waals surface area contributed by atoms with Crippen LogP contribution in [0.4, 0.5) is 19.4 Å². The Kier molecular flexibility index (Phi) is 6.13. The minimum atomic E-state index is -2.78. The summed E-state index contributed by atoms with van der Waals surface area (Å²) < 4.78 is 34.4. The maximum atomic E-state index is 13.7. The fraction of sp³-hybridized carbons (Fsp3) is 0.619. The summed E-state index contributed by atoms with van der Waals surface area (Å²) in [5.74, 6) is -3.01. The third kappa shape index (κ3) is 4.58. The average molecular weight is 451 g/mol. The van der Waals surface area contributed by atoms with Gasteiger partial charge in [0.2, 0.25) is 5.92 Å². The van der Waals surface area contributed by atoms with Crippen LogP contribution >= 0.6 is 0 Å². The van der Waals surface area contributed by atoms with Crippen molar-refractivity contribution in [1.82, 2.24) is 19.7 Å². The number of aliphatic hydroxyl groups is 1. The summed E-state index contributed by atoms with van der Waals surface area (Å²) in [5, 5.41) is 24.9. The Morgan fingerprint density at radius 3 is 2.53 bits per heavy atom. The average Bonchev–Trinajstić information content (AvgIpc) is 3.07. The maximum absolute atomic E-state index is 13.7. The molecule has 9 nitrogen and oxygen atoms in total. The first-order valence-corrected chi connectivity index (χ1v) is 10.7. The van der Waals surface area contributed by atoms with Gasteiger partial charge in [-0.3, -0.25) is 4.90 Å². The fourth-order valence-electron chi connectivity index (χ4n) is 4.41. The van der Waals surface area contributed by atoms with E-state index >= 15 is 0 Å².